The summed E-state index contributed by atoms with van der Waals surface area (Å²) in [6.07, 6.45) is 9.05. The number of rotatable bonds is 6. The summed E-state index contributed by atoms with van der Waals surface area (Å²) in [5, 5.41) is 4.16. The Bertz CT molecular complexity index is 557. The van der Waals surface area contributed by atoms with Crippen LogP contribution in [0.4, 0.5) is 4.39 Å². The number of aromatic nitrogens is 2. The van der Waals surface area contributed by atoms with Crippen LogP contribution in [0, 0.1) is 5.82 Å². The number of nitrogens with zero attached hydrogens (tertiary/aromatic N) is 3. The third-order valence-electron chi connectivity index (χ3n) is 3.14. The molecule has 2 aromatic rings. The molecule has 0 aliphatic carbocycles. The van der Waals surface area contributed by atoms with Crippen LogP contribution in [0.2, 0.25) is 0 Å². The first-order valence-electron chi connectivity index (χ1n) is 6.71. The van der Waals surface area contributed by atoms with Gasteiger partial charge >= 0.3 is 0 Å². The second-order valence-corrected chi connectivity index (χ2v) is 4.99. The first kappa shape index (κ1) is 14.5. The van der Waals surface area contributed by atoms with Crippen molar-refractivity contribution >= 4 is 6.08 Å². The standard InChI is InChI=1S/C16H20FN3/c1-19(11-9-15-12-18-20(2)13-15)10-3-4-14-5-7-16(17)8-6-14/h3-8,12-13H,9-11H2,1-2H3. The van der Waals surface area contributed by atoms with Gasteiger partial charge in [0.1, 0.15) is 5.82 Å². The van der Waals surface area contributed by atoms with E-state index in [0.29, 0.717) is 0 Å². The molecule has 3 nitrogen and oxygen atoms in total. The number of benzene rings is 1. The quantitative estimate of drug-likeness (QED) is 0.807. The maximum Gasteiger partial charge on any atom is 0.123 e. The maximum atomic E-state index is 12.8. The van der Waals surface area contributed by atoms with Gasteiger partial charge in [0.2, 0.25) is 0 Å². The minimum Gasteiger partial charge on any atom is -0.302 e. The molecule has 0 saturated heterocycles. The van der Waals surface area contributed by atoms with Crippen molar-refractivity contribution in [3.05, 3.63) is 59.7 Å². The minimum atomic E-state index is -0.198. The highest BCUT2D eigenvalue weighted by Crippen LogP contribution is 2.05. The normalized spacial score (nSPS) is 11.6. The van der Waals surface area contributed by atoms with Gasteiger partial charge in [0.15, 0.2) is 0 Å². The average molecular weight is 273 g/mol. The summed E-state index contributed by atoms with van der Waals surface area (Å²) < 4.78 is 14.6. The molecule has 2 rings (SSSR count). The fourth-order valence-electron chi connectivity index (χ4n) is 1.95. The molecule has 0 radical (unpaired) electrons. The van der Waals surface area contributed by atoms with Gasteiger partial charge in [0.25, 0.3) is 0 Å². The van der Waals surface area contributed by atoms with Gasteiger partial charge < -0.3 is 4.90 Å². The lowest BCUT2D eigenvalue weighted by Gasteiger charge is -2.13. The van der Waals surface area contributed by atoms with Crippen LogP contribution >= 0.6 is 0 Å². The van der Waals surface area contributed by atoms with E-state index in [1.165, 1.54) is 17.7 Å². The summed E-state index contributed by atoms with van der Waals surface area (Å²) in [5.41, 5.74) is 2.27. The molecule has 106 valence electrons. The van der Waals surface area contributed by atoms with Gasteiger partial charge in [-0.3, -0.25) is 4.68 Å². The molecule has 0 aliphatic heterocycles. The van der Waals surface area contributed by atoms with Crippen molar-refractivity contribution in [2.24, 2.45) is 7.05 Å². The molecular weight excluding hydrogens is 253 g/mol. The van der Waals surface area contributed by atoms with Crippen LogP contribution in [0.25, 0.3) is 6.08 Å². The van der Waals surface area contributed by atoms with E-state index in [4.69, 9.17) is 0 Å². The Morgan fingerprint density at radius 3 is 2.70 bits per heavy atom. The lowest BCUT2D eigenvalue weighted by atomic mass is 10.2. The number of hydrogen-bond acceptors (Lipinski definition) is 2. The van der Waals surface area contributed by atoms with E-state index in [1.807, 2.05) is 30.2 Å². The average Bonchev–Trinajstić information content (AvgIpc) is 2.85. The van der Waals surface area contributed by atoms with Crippen LogP contribution in [-0.4, -0.2) is 34.8 Å². The summed E-state index contributed by atoms with van der Waals surface area (Å²) >= 11 is 0. The SMILES string of the molecule is CN(CC=Cc1ccc(F)cc1)CCc1cnn(C)c1. The molecule has 0 spiro atoms. The fraction of sp³-hybridized carbons (Fsp3) is 0.312. The van der Waals surface area contributed by atoms with Crippen molar-refractivity contribution in [3.8, 4) is 0 Å². The fourth-order valence-corrected chi connectivity index (χ4v) is 1.95. The van der Waals surface area contributed by atoms with Crippen LogP contribution < -0.4 is 0 Å². The summed E-state index contributed by atoms with van der Waals surface area (Å²) in [6.45, 7) is 1.86. The van der Waals surface area contributed by atoms with Gasteiger partial charge in [-0.25, -0.2) is 4.39 Å². The molecule has 0 aliphatic rings. The Balaban J connectivity index is 1.74. The van der Waals surface area contributed by atoms with Crippen molar-refractivity contribution in [1.29, 1.82) is 0 Å². The largest absolute Gasteiger partial charge is 0.302 e. The van der Waals surface area contributed by atoms with E-state index in [2.05, 4.69) is 23.1 Å². The molecule has 0 bridgehead atoms. The van der Waals surface area contributed by atoms with Gasteiger partial charge in [-0.2, -0.15) is 5.10 Å². The number of hydrogen-bond donors (Lipinski definition) is 0. The maximum absolute atomic E-state index is 12.8. The van der Waals surface area contributed by atoms with Gasteiger partial charge in [0, 0.05) is 26.3 Å². The highest BCUT2D eigenvalue weighted by molar-refractivity contribution is 5.48. The zero-order valence-electron chi connectivity index (χ0n) is 12.0. The molecule has 4 heteroatoms. The third kappa shape index (κ3) is 4.63. The Hall–Kier alpha value is -1.94. The molecule has 20 heavy (non-hydrogen) atoms. The van der Waals surface area contributed by atoms with E-state index in [9.17, 15) is 4.39 Å². The first-order valence-corrected chi connectivity index (χ1v) is 6.71. The Morgan fingerprint density at radius 1 is 1.30 bits per heavy atom. The number of likely N-dealkylation sites (N-methyl/N-ethyl adjacent to an activating group) is 1. The zero-order chi connectivity index (χ0) is 14.4. The van der Waals surface area contributed by atoms with Crippen molar-refractivity contribution in [3.63, 3.8) is 0 Å². The van der Waals surface area contributed by atoms with Crippen molar-refractivity contribution < 1.29 is 4.39 Å². The van der Waals surface area contributed by atoms with Crippen molar-refractivity contribution in [2.75, 3.05) is 20.1 Å². The van der Waals surface area contributed by atoms with E-state index in [1.54, 1.807) is 12.1 Å². The van der Waals surface area contributed by atoms with Gasteiger partial charge in [-0.1, -0.05) is 24.3 Å². The molecule has 0 N–H and O–H groups in total. The van der Waals surface area contributed by atoms with Gasteiger partial charge in [-0.05, 0) is 36.7 Å². The summed E-state index contributed by atoms with van der Waals surface area (Å²) in [6, 6.07) is 6.51. The zero-order valence-corrected chi connectivity index (χ0v) is 12.0. The van der Waals surface area contributed by atoms with Crippen LogP contribution in [0.1, 0.15) is 11.1 Å². The third-order valence-corrected chi connectivity index (χ3v) is 3.14. The summed E-state index contributed by atoms with van der Waals surface area (Å²) in [5.74, 6) is -0.198. The second kappa shape index (κ2) is 7.01. The van der Waals surface area contributed by atoms with Gasteiger partial charge in [0.05, 0.1) is 6.20 Å². The van der Waals surface area contributed by atoms with Crippen molar-refractivity contribution in [2.45, 2.75) is 6.42 Å². The Morgan fingerprint density at radius 2 is 2.05 bits per heavy atom. The van der Waals surface area contributed by atoms with Gasteiger partial charge in [-0.15, -0.1) is 0 Å². The molecule has 1 aromatic carbocycles. The second-order valence-electron chi connectivity index (χ2n) is 4.99. The highest BCUT2D eigenvalue weighted by Gasteiger charge is 1.99. The minimum absolute atomic E-state index is 0.198. The molecule has 0 amide bonds. The van der Waals surface area contributed by atoms with E-state index >= 15 is 0 Å². The molecule has 1 heterocycles. The smallest absolute Gasteiger partial charge is 0.123 e. The van der Waals surface area contributed by atoms with Crippen LogP contribution in [0.15, 0.2) is 42.7 Å². The molecule has 0 unspecified atom stereocenters. The van der Waals surface area contributed by atoms with Crippen LogP contribution in [0.5, 0.6) is 0 Å². The number of halogens is 1. The highest BCUT2D eigenvalue weighted by atomic mass is 19.1. The lowest BCUT2D eigenvalue weighted by molar-refractivity contribution is 0.375. The number of aryl methyl sites for hydroxylation is 1. The predicted molar refractivity (Wildman–Crippen MR) is 79.8 cm³/mol. The van der Waals surface area contributed by atoms with E-state index < -0.39 is 0 Å². The molecular formula is C16H20FN3. The lowest BCUT2D eigenvalue weighted by Crippen LogP contribution is -2.21. The van der Waals surface area contributed by atoms with E-state index in [-0.39, 0.29) is 5.82 Å². The Kier molecular flexibility index (Phi) is 5.07. The van der Waals surface area contributed by atoms with Crippen molar-refractivity contribution in [1.82, 2.24) is 14.7 Å². The molecule has 0 atom stereocenters. The summed E-state index contributed by atoms with van der Waals surface area (Å²) in [7, 11) is 4.02. The molecule has 0 fully saturated rings. The predicted octanol–water partition coefficient (Wildman–Crippen LogP) is 2.75. The molecule has 1 aromatic heterocycles. The Labute approximate surface area is 119 Å². The molecule has 0 saturated carbocycles. The monoisotopic (exact) mass is 273 g/mol. The van der Waals surface area contributed by atoms with Crippen LogP contribution in [-0.2, 0) is 13.5 Å². The topological polar surface area (TPSA) is 21.1 Å². The van der Waals surface area contributed by atoms with Crippen LogP contribution in [0.3, 0.4) is 0 Å². The first-order chi connectivity index (χ1) is 9.63. The van der Waals surface area contributed by atoms with E-state index in [0.717, 1.165) is 25.1 Å². The summed E-state index contributed by atoms with van der Waals surface area (Å²) in [4.78, 5) is 2.24.